The molecule has 0 aromatic heterocycles. The van der Waals surface area contributed by atoms with Crippen LogP contribution in [0.3, 0.4) is 0 Å². The Bertz CT molecular complexity index is 1240. The van der Waals surface area contributed by atoms with Gasteiger partial charge in [0, 0.05) is 22.7 Å². The molecule has 1 saturated heterocycles. The highest BCUT2D eigenvalue weighted by atomic mass is 35.5. The molecule has 2 saturated carbocycles. The number of hydrogen-bond donors (Lipinski definition) is 2. The third kappa shape index (κ3) is 6.33. The zero-order valence-corrected chi connectivity index (χ0v) is 22.2. The molecule has 2 aromatic carbocycles. The molecular weight excluding hydrogens is 524 g/mol. The van der Waals surface area contributed by atoms with Gasteiger partial charge in [-0.05, 0) is 98.8 Å². The highest BCUT2D eigenvalue weighted by Gasteiger charge is 2.35. The molecule has 1 unspecified atom stereocenters. The van der Waals surface area contributed by atoms with Gasteiger partial charge in [0.05, 0.1) is 17.4 Å². The van der Waals surface area contributed by atoms with Crippen LogP contribution in [0, 0.1) is 16.5 Å². The Kier molecular flexibility index (Phi) is 7.50. The molecule has 1 heterocycles. The standard InChI is InChI=1S/C26H30Cl2FN3O3S/c27-19-9-17(10-20(28)11-19)14-32-7-5-16(6-8-32)15-35-25-13-24(29)23(12-22(25)18-1-2-18)26(33)31-36(30,34)21-3-4-21/h9-13,16,18,21H,1-8,14-15H2,(H2,30,31,33,34). The summed E-state index contributed by atoms with van der Waals surface area (Å²) in [6.07, 6.45) is 5.17. The first-order valence-electron chi connectivity index (χ1n) is 12.4. The van der Waals surface area contributed by atoms with Gasteiger partial charge in [-0.2, -0.15) is 0 Å². The predicted molar refractivity (Wildman–Crippen MR) is 140 cm³/mol. The Morgan fingerprint density at radius 3 is 2.33 bits per heavy atom. The third-order valence-corrected chi connectivity index (χ3v) is 9.44. The summed E-state index contributed by atoms with van der Waals surface area (Å²) in [6.45, 7) is 3.13. The van der Waals surface area contributed by atoms with Crippen LogP contribution in [0.25, 0.3) is 0 Å². The number of nitrogens with zero attached hydrogens (tertiary/aromatic N) is 1. The van der Waals surface area contributed by atoms with Crippen molar-refractivity contribution in [1.82, 2.24) is 9.62 Å². The highest BCUT2D eigenvalue weighted by Crippen LogP contribution is 2.45. The van der Waals surface area contributed by atoms with Gasteiger partial charge in [-0.25, -0.2) is 13.4 Å². The minimum Gasteiger partial charge on any atom is -0.493 e. The molecule has 0 radical (unpaired) electrons. The van der Waals surface area contributed by atoms with Gasteiger partial charge >= 0.3 is 0 Å². The van der Waals surface area contributed by atoms with Crippen LogP contribution >= 0.6 is 23.2 Å². The van der Waals surface area contributed by atoms with Crippen molar-refractivity contribution in [3.8, 4) is 5.75 Å². The second-order valence-corrected chi connectivity index (χ2v) is 13.1. The van der Waals surface area contributed by atoms with Gasteiger partial charge in [0.25, 0.3) is 5.91 Å². The predicted octanol–water partition coefficient (Wildman–Crippen LogP) is 6.15. The Morgan fingerprint density at radius 1 is 1.06 bits per heavy atom. The first kappa shape index (κ1) is 25.8. The maximum absolute atomic E-state index is 14.9. The summed E-state index contributed by atoms with van der Waals surface area (Å²) < 4.78 is 43.5. The van der Waals surface area contributed by atoms with Crippen LogP contribution in [-0.2, 0) is 16.5 Å². The SMILES string of the molecule is N=S(=O)(NC(=O)c1cc(C2CC2)c(OCC2CCN(Cc3cc(Cl)cc(Cl)c3)CC2)cc1F)C1CC1. The zero-order valence-electron chi connectivity index (χ0n) is 19.9. The Hall–Kier alpha value is -1.87. The second-order valence-electron chi connectivity index (χ2n) is 10.2. The summed E-state index contributed by atoms with van der Waals surface area (Å²) in [7, 11) is -3.25. The van der Waals surface area contributed by atoms with Crippen LogP contribution in [0.2, 0.25) is 10.0 Å². The van der Waals surface area contributed by atoms with Gasteiger partial charge in [0.2, 0.25) is 0 Å². The molecule has 10 heteroatoms. The number of amides is 1. The van der Waals surface area contributed by atoms with Crippen LogP contribution < -0.4 is 9.46 Å². The molecule has 2 aliphatic carbocycles. The molecule has 1 amide bonds. The number of hydrogen-bond acceptors (Lipinski definition) is 5. The number of nitrogens with one attached hydrogen (secondary N) is 2. The second kappa shape index (κ2) is 10.5. The van der Waals surface area contributed by atoms with Crippen LogP contribution in [0.4, 0.5) is 4.39 Å². The minimum absolute atomic E-state index is 0.167. The van der Waals surface area contributed by atoms with Crippen LogP contribution in [0.15, 0.2) is 30.3 Å². The average molecular weight is 555 g/mol. The first-order chi connectivity index (χ1) is 17.2. The molecule has 36 heavy (non-hydrogen) atoms. The Morgan fingerprint density at radius 2 is 1.72 bits per heavy atom. The van der Waals surface area contributed by atoms with Gasteiger partial charge in [-0.1, -0.05) is 23.2 Å². The lowest BCUT2D eigenvalue weighted by Gasteiger charge is -2.32. The summed E-state index contributed by atoms with van der Waals surface area (Å²) in [4.78, 5) is 15.0. The maximum atomic E-state index is 14.9. The van der Waals surface area contributed by atoms with E-state index >= 15 is 0 Å². The molecular formula is C26H30Cl2FN3O3S. The lowest BCUT2D eigenvalue weighted by Crippen LogP contribution is -2.35. The van der Waals surface area contributed by atoms with E-state index in [1.807, 2.05) is 12.1 Å². The number of rotatable bonds is 9. The van der Waals surface area contributed by atoms with E-state index < -0.39 is 21.6 Å². The largest absolute Gasteiger partial charge is 0.493 e. The van der Waals surface area contributed by atoms with Gasteiger partial charge < -0.3 is 4.74 Å². The van der Waals surface area contributed by atoms with E-state index in [1.54, 1.807) is 6.07 Å². The molecule has 6 nitrogen and oxygen atoms in total. The molecule has 0 spiro atoms. The van der Waals surface area contributed by atoms with Crippen molar-refractivity contribution in [2.45, 2.75) is 56.2 Å². The fourth-order valence-corrected chi connectivity index (χ4v) is 6.66. The third-order valence-electron chi connectivity index (χ3n) is 7.11. The van der Waals surface area contributed by atoms with E-state index in [9.17, 15) is 13.4 Å². The molecule has 2 N–H and O–H groups in total. The smallest absolute Gasteiger partial charge is 0.266 e. The fourth-order valence-electron chi connectivity index (χ4n) is 4.74. The van der Waals surface area contributed by atoms with Gasteiger partial charge in [-0.3, -0.25) is 14.4 Å². The summed E-state index contributed by atoms with van der Waals surface area (Å²) in [5.41, 5.74) is 1.74. The lowest BCUT2D eigenvalue weighted by molar-refractivity contribution is 0.0978. The normalized spacial score (nSPS) is 20.6. The molecule has 1 atom stereocenters. The van der Waals surface area contributed by atoms with E-state index in [2.05, 4.69) is 9.62 Å². The van der Waals surface area contributed by atoms with Gasteiger partial charge in [0.15, 0.2) is 0 Å². The van der Waals surface area contributed by atoms with Crippen LogP contribution in [0.1, 0.15) is 65.9 Å². The van der Waals surface area contributed by atoms with Crippen molar-refractivity contribution in [1.29, 1.82) is 4.78 Å². The molecule has 1 aliphatic heterocycles. The zero-order chi connectivity index (χ0) is 25.4. The van der Waals surface area contributed by atoms with E-state index in [4.69, 9.17) is 32.7 Å². The number of carbonyl (C=O) groups excluding carboxylic acids is 1. The van der Waals surface area contributed by atoms with E-state index in [0.29, 0.717) is 41.2 Å². The van der Waals surface area contributed by atoms with Crippen molar-refractivity contribution in [3.05, 3.63) is 62.9 Å². The number of benzene rings is 2. The monoisotopic (exact) mass is 553 g/mol. The first-order valence-corrected chi connectivity index (χ1v) is 14.8. The van der Waals surface area contributed by atoms with Gasteiger partial charge in [0.1, 0.15) is 21.5 Å². The topological polar surface area (TPSA) is 82.5 Å². The van der Waals surface area contributed by atoms with Crippen molar-refractivity contribution in [2.75, 3.05) is 19.7 Å². The molecule has 2 aromatic rings. The maximum Gasteiger partial charge on any atom is 0.266 e. The van der Waals surface area contributed by atoms with Crippen molar-refractivity contribution in [2.24, 2.45) is 5.92 Å². The number of carbonyl (C=O) groups is 1. The number of piperidine rings is 1. The van der Waals surface area contributed by atoms with E-state index in [1.165, 1.54) is 12.1 Å². The molecule has 194 valence electrons. The summed E-state index contributed by atoms with van der Waals surface area (Å²) >= 11 is 12.2. The van der Waals surface area contributed by atoms with Crippen molar-refractivity contribution >= 4 is 39.0 Å². The van der Waals surface area contributed by atoms with Crippen molar-refractivity contribution < 1.29 is 18.1 Å². The molecule has 3 aliphatic rings. The van der Waals surface area contributed by atoms with Crippen LogP contribution in [0.5, 0.6) is 5.75 Å². The molecule has 0 bridgehead atoms. The fraction of sp³-hybridized carbons (Fsp3) is 0.500. The number of likely N-dealkylation sites (tertiary alicyclic amines) is 1. The van der Waals surface area contributed by atoms with E-state index in [0.717, 1.165) is 56.4 Å². The number of halogens is 3. The minimum atomic E-state index is -3.25. The summed E-state index contributed by atoms with van der Waals surface area (Å²) in [6, 6.07) is 8.42. The average Bonchev–Trinajstić information content (AvgIpc) is 3.70. The Balaban J connectivity index is 1.19. The molecule has 5 rings (SSSR count). The quantitative estimate of drug-likeness (QED) is 0.389. The van der Waals surface area contributed by atoms with Crippen LogP contribution in [-0.4, -0.2) is 40.0 Å². The summed E-state index contributed by atoms with van der Waals surface area (Å²) in [5.74, 6) is -0.429. The number of ether oxygens (including phenoxy) is 1. The van der Waals surface area contributed by atoms with Gasteiger partial charge in [-0.15, -0.1) is 0 Å². The Labute approximate surface area is 221 Å². The lowest BCUT2D eigenvalue weighted by atomic mass is 9.97. The highest BCUT2D eigenvalue weighted by molar-refractivity contribution is 7.92. The summed E-state index contributed by atoms with van der Waals surface area (Å²) in [5, 5.41) is 0.947. The van der Waals surface area contributed by atoms with Crippen molar-refractivity contribution in [3.63, 3.8) is 0 Å². The van der Waals surface area contributed by atoms with E-state index in [-0.39, 0.29) is 16.7 Å². The molecule has 3 fully saturated rings.